The van der Waals surface area contributed by atoms with Crippen LogP contribution < -0.4 is 10.6 Å². The summed E-state index contributed by atoms with van der Waals surface area (Å²) in [6.45, 7) is 3.27. The van der Waals surface area contributed by atoms with Gasteiger partial charge in [0.25, 0.3) is 0 Å². The number of nitrogens with zero attached hydrogens (tertiary/aromatic N) is 2. The highest BCUT2D eigenvalue weighted by Gasteiger charge is 2.16. The number of rotatable bonds is 3. The van der Waals surface area contributed by atoms with Gasteiger partial charge in [-0.1, -0.05) is 12.1 Å². The van der Waals surface area contributed by atoms with Gasteiger partial charge in [0.2, 0.25) is 0 Å². The number of aromatic nitrogens is 1. The third kappa shape index (κ3) is 2.00. The normalized spacial score (nSPS) is 15.4. The lowest BCUT2D eigenvalue weighted by atomic mass is 10.3. The van der Waals surface area contributed by atoms with E-state index in [9.17, 15) is 0 Å². The van der Waals surface area contributed by atoms with Crippen molar-refractivity contribution in [2.75, 3.05) is 18.1 Å². The van der Waals surface area contributed by atoms with Gasteiger partial charge in [0.1, 0.15) is 11.6 Å². The van der Waals surface area contributed by atoms with Crippen molar-refractivity contribution in [1.29, 1.82) is 0 Å². The molecule has 0 fully saturated rings. The first-order valence-corrected chi connectivity index (χ1v) is 5.30. The number of anilines is 1. The van der Waals surface area contributed by atoms with Crippen molar-refractivity contribution in [3.63, 3.8) is 0 Å². The van der Waals surface area contributed by atoms with E-state index in [1.807, 2.05) is 42.2 Å². The Bertz CT molecular complexity index is 412. The molecule has 0 amide bonds. The van der Waals surface area contributed by atoms with Crippen molar-refractivity contribution in [3.8, 4) is 0 Å². The highest BCUT2D eigenvalue weighted by molar-refractivity contribution is 5.49. The second kappa shape index (κ2) is 4.70. The summed E-state index contributed by atoms with van der Waals surface area (Å²) in [5.41, 5.74) is 6.03. The summed E-state index contributed by atoms with van der Waals surface area (Å²) in [6.07, 6.45) is 5.66. The van der Waals surface area contributed by atoms with Gasteiger partial charge in [0.15, 0.2) is 5.76 Å². The Balaban J connectivity index is 2.28. The Kier molecular flexibility index (Phi) is 3.10. The smallest absolute Gasteiger partial charge is 0.159 e. The standard InChI is InChI=1S/C12H15N3O/c1-2-16-10-6-5-9-15(12(10)13)11-7-3-4-8-14-11/h3-8H,2,9,13H2,1H3. The fourth-order valence-corrected chi connectivity index (χ4v) is 1.59. The SMILES string of the molecule is CCOC1=C(N)N(c2ccccn2)CC=C1. The molecule has 4 nitrogen and oxygen atoms in total. The van der Waals surface area contributed by atoms with E-state index >= 15 is 0 Å². The van der Waals surface area contributed by atoms with Crippen LogP contribution in [0.5, 0.6) is 0 Å². The Morgan fingerprint density at radius 2 is 2.38 bits per heavy atom. The monoisotopic (exact) mass is 217 g/mol. The number of pyridine rings is 1. The van der Waals surface area contributed by atoms with E-state index in [0.29, 0.717) is 18.2 Å². The van der Waals surface area contributed by atoms with E-state index in [1.165, 1.54) is 0 Å². The Morgan fingerprint density at radius 1 is 1.50 bits per heavy atom. The van der Waals surface area contributed by atoms with Crippen molar-refractivity contribution in [2.24, 2.45) is 5.73 Å². The maximum Gasteiger partial charge on any atom is 0.159 e. The van der Waals surface area contributed by atoms with E-state index in [0.717, 1.165) is 12.4 Å². The summed E-state index contributed by atoms with van der Waals surface area (Å²) < 4.78 is 5.45. The first kappa shape index (κ1) is 10.5. The van der Waals surface area contributed by atoms with Crippen LogP contribution in [0.15, 0.2) is 48.1 Å². The molecule has 0 aliphatic carbocycles. The van der Waals surface area contributed by atoms with Crippen LogP contribution in [0.4, 0.5) is 5.82 Å². The van der Waals surface area contributed by atoms with Crippen LogP contribution in [0.2, 0.25) is 0 Å². The predicted octanol–water partition coefficient (Wildman–Crippen LogP) is 1.62. The van der Waals surface area contributed by atoms with Crippen LogP contribution in [0.3, 0.4) is 0 Å². The summed E-state index contributed by atoms with van der Waals surface area (Å²) in [4.78, 5) is 6.19. The average Bonchev–Trinajstić information content (AvgIpc) is 2.33. The molecule has 1 aliphatic heterocycles. The number of hydrogen-bond acceptors (Lipinski definition) is 4. The average molecular weight is 217 g/mol. The van der Waals surface area contributed by atoms with Crippen LogP contribution in [0, 0.1) is 0 Å². The largest absolute Gasteiger partial charge is 0.490 e. The molecule has 0 bridgehead atoms. The van der Waals surface area contributed by atoms with E-state index in [2.05, 4.69) is 4.98 Å². The van der Waals surface area contributed by atoms with Gasteiger partial charge in [-0.05, 0) is 25.1 Å². The summed E-state index contributed by atoms with van der Waals surface area (Å²) in [5.74, 6) is 2.16. The van der Waals surface area contributed by atoms with E-state index in [4.69, 9.17) is 10.5 Å². The number of hydrogen-bond donors (Lipinski definition) is 1. The second-order valence-corrected chi connectivity index (χ2v) is 3.38. The Labute approximate surface area is 95.0 Å². The lowest BCUT2D eigenvalue weighted by Crippen LogP contribution is -2.32. The molecule has 2 N–H and O–H groups in total. The number of ether oxygens (including phenoxy) is 1. The molecule has 0 saturated heterocycles. The Morgan fingerprint density at radius 3 is 3.06 bits per heavy atom. The molecule has 1 aliphatic rings. The molecule has 1 aromatic heterocycles. The van der Waals surface area contributed by atoms with Crippen molar-refractivity contribution >= 4 is 5.82 Å². The maximum absolute atomic E-state index is 6.03. The maximum atomic E-state index is 6.03. The van der Waals surface area contributed by atoms with Gasteiger partial charge >= 0.3 is 0 Å². The lowest BCUT2D eigenvalue weighted by Gasteiger charge is -2.26. The summed E-state index contributed by atoms with van der Waals surface area (Å²) in [5, 5.41) is 0. The molecule has 2 heterocycles. The van der Waals surface area contributed by atoms with Crippen LogP contribution in [-0.4, -0.2) is 18.1 Å². The molecule has 0 atom stereocenters. The Hall–Kier alpha value is -1.97. The van der Waals surface area contributed by atoms with E-state index < -0.39 is 0 Å². The lowest BCUT2D eigenvalue weighted by molar-refractivity contribution is 0.236. The molecule has 4 heteroatoms. The van der Waals surface area contributed by atoms with Crippen LogP contribution in [0.25, 0.3) is 0 Å². The minimum Gasteiger partial charge on any atom is -0.490 e. The highest BCUT2D eigenvalue weighted by Crippen LogP contribution is 2.19. The topological polar surface area (TPSA) is 51.4 Å². The van der Waals surface area contributed by atoms with E-state index in [1.54, 1.807) is 6.20 Å². The molecular formula is C12H15N3O. The van der Waals surface area contributed by atoms with Gasteiger partial charge < -0.3 is 15.4 Å². The van der Waals surface area contributed by atoms with E-state index in [-0.39, 0.29) is 0 Å². The highest BCUT2D eigenvalue weighted by atomic mass is 16.5. The van der Waals surface area contributed by atoms with Crippen molar-refractivity contribution in [3.05, 3.63) is 48.1 Å². The van der Waals surface area contributed by atoms with Crippen molar-refractivity contribution in [1.82, 2.24) is 4.98 Å². The zero-order chi connectivity index (χ0) is 11.4. The zero-order valence-corrected chi connectivity index (χ0v) is 9.26. The molecule has 16 heavy (non-hydrogen) atoms. The molecule has 0 aromatic carbocycles. The fourth-order valence-electron chi connectivity index (χ4n) is 1.59. The van der Waals surface area contributed by atoms with Gasteiger partial charge in [0.05, 0.1) is 6.61 Å². The van der Waals surface area contributed by atoms with Gasteiger partial charge in [-0.25, -0.2) is 4.98 Å². The number of nitrogens with two attached hydrogens (primary N) is 1. The first-order chi connectivity index (χ1) is 7.83. The predicted molar refractivity (Wildman–Crippen MR) is 63.6 cm³/mol. The molecule has 0 saturated carbocycles. The molecule has 0 spiro atoms. The van der Waals surface area contributed by atoms with Crippen molar-refractivity contribution < 1.29 is 4.74 Å². The molecule has 2 rings (SSSR count). The van der Waals surface area contributed by atoms with Crippen LogP contribution in [-0.2, 0) is 4.74 Å². The minimum atomic E-state index is 0.608. The second-order valence-electron chi connectivity index (χ2n) is 3.38. The summed E-state index contributed by atoms with van der Waals surface area (Å²) in [6, 6.07) is 5.75. The van der Waals surface area contributed by atoms with Crippen LogP contribution >= 0.6 is 0 Å². The molecular weight excluding hydrogens is 202 g/mol. The zero-order valence-electron chi connectivity index (χ0n) is 9.26. The third-order valence-corrected chi connectivity index (χ3v) is 2.33. The van der Waals surface area contributed by atoms with Gasteiger partial charge in [-0.3, -0.25) is 0 Å². The van der Waals surface area contributed by atoms with Gasteiger partial charge in [-0.15, -0.1) is 0 Å². The molecule has 1 aromatic rings. The number of allylic oxidation sites excluding steroid dienone is 1. The fraction of sp³-hybridized carbons (Fsp3) is 0.250. The third-order valence-electron chi connectivity index (χ3n) is 2.33. The molecule has 0 unspecified atom stereocenters. The van der Waals surface area contributed by atoms with Gasteiger partial charge in [0, 0.05) is 12.7 Å². The van der Waals surface area contributed by atoms with Gasteiger partial charge in [-0.2, -0.15) is 0 Å². The van der Waals surface area contributed by atoms with Crippen molar-refractivity contribution in [2.45, 2.75) is 6.92 Å². The first-order valence-electron chi connectivity index (χ1n) is 5.30. The quantitative estimate of drug-likeness (QED) is 0.836. The van der Waals surface area contributed by atoms with Crippen LogP contribution in [0.1, 0.15) is 6.92 Å². The molecule has 0 radical (unpaired) electrons. The summed E-state index contributed by atoms with van der Waals surface area (Å²) in [7, 11) is 0. The summed E-state index contributed by atoms with van der Waals surface area (Å²) >= 11 is 0. The molecule has 84 valence electrons. The minimum absolute atomic E-state index is 0.608.